The molecule has 0 heterocycles. The fourth-order valence-corrected chi connectivity index (χ4v) is 2.04. The first-order chi connectivity index (χ1) is 9.29. The van der Waals surface area contributed by atoms with Crippen LogP contribution in [0.2, 0.25) is 0 Å². The molecule has 1 aromatic carbocycles. The number of hydrogen-bond acceptors (Lipinski definition) is 2. The highest BCUT2D eigenvalue weighted by Gasteiger charge is 2.10. The minimum Gasteiger partial charge on any atom is -0.336 e. The lowest BCUT2D eigenvalue weighted by atomic mass is 9.99. The summed E-state index contributed by atoms with van der Waals surface area (Å²) in [6, 6.07) is 5.96. The Morgan fingerprint density at radius 3 is 2.40 bits per heavy atom. The van der Waals surface area contributed by atoms with Crippen molar-refractivity contribution in [2.45, 2.75) is 46.6 Å². The molecule has 0 saturated carbocycles. The van der Waals surface area contributed by atoms with Gasteiger partial charge in [0.1, 0.15) is 0 Å². The minimum atomic E-state index is -0.295. The van der Waals surface area contributed by atoms with E-state index in [4.69, 9.17) is 12.2 Å². The summed E-state index contributed by atoms with van der Waals surface area (Å²) in [6.07, 6.45) is 0. The Balaban J connectivity index is 2.75. The van der Waals surface area contributed by atoms with E-state index in [-0.39, 0.29) is 12.1 Å². The number of benzene rings is 1. The van der Waals surface area contributed by atoms with Gasteiger partial charge in [0.05, 0.1) is 0 Å². The number of carbonyl (C=O) groups excluding carboxylic acids is 1. The molecule has 4 nitrogen and oxygen atoms in total. The van der Waals surface area contributed by atoms with Crippen molar-refractivity contribution in [3.8, 4) is 0 Å². The summed E-state index contributed by atoms with van der Waals surface area (Å²) in [5, 5.41) is 8.74. The fraction of sp³-hybridized carbons (Fsp3) is 0.467. The topological polar surface area (TPSA) is 53.2 Å². The van der Waals surface area contributed by atoms with E-state index in [2.05, 4.69) is 41.9 Å². The van der Waals surface area contributed by atoms with Crippen LogP contribution in [0.25, 0.3) is 0 Å². The fourth-order valence-electron chi connectivity index (χ4n) is 1.84. The molecule has 1 rings (SSSR count). The number of carbonyl (C=O) groups is 1. The quantitative estimate of drug-likeness (QED) is 0.747. The first-order valence-electron chi connectivity index (χ1n) is 6.78. The molecule has 1 aromatic rings. The highest BCUT2D eigenvalue weighted by atomic mass is 32.1. The van der Waals surface area contributed by atoms with Crippen LogP contribution in [0.15, 0.2) is 18.2 Å². The summed E-state index contributed by atoms with van der Waals surface area (Å²) in [4.78, 5) is 11.6. The molecular weight excluding hydrogens is 270 g/mol. The highest BCUT2D eigenvalue weighted by molar-refractivity contribution is 7.80. The summed E-state index contributed by atoms with van der Waals surface area (Å²) in [5.74, 6) is 0.380. The Labute approximate surface area is 126 Å². The molecule has 20 heavy (non-hydrogen) atoms. The van der Waals surface area contributed by atoms with Crippen LogP contribution < -0.4 is 16.0 Å². The van der Waals surface area contributed by atoms with Crippen molar-refractivity contribution < 1.29 is 4.79 Å². The van der Waals surface area contributed by atoms with Crippen molar-refractivity contribution >= 4 is 29.0 Å². The Morgan fingerprint density at radius 1 is 1.20 bits per heavy atom. The number of anilines is 1. The molecule has 2 amide bonds. The van der Waals surface area contributed by atoms with Gasteiger partial charge in [-0.1, -0.05) is 26.0 Å². The van der Waals surface area contributed by atoms with E-state index in [0.717, 1.165) is 11.3 Å². The molecule has 0 aliphatic heterocycles. The number of hydrogen-bond donors (Lipinski definition) is 3. The van der Waals surface area contributed by atoms with E-state index in [1.54, 1.807) is 0 Å². The van der Waals surface area contributed by atoms with Crippen LogP contribution in [0.5, 0.6) is 0 Å². The smallest absolute Gasteiger partial charge is 0.321 e. The monoisotopic (exact) mass is 293 g/mol. The van der Waals surface area contributed by atoms with Crippen molar-refractivity contribution in [1.82, 2.24) is 10.6 Å². The van der Waals surface area contributed by atoms with Crippen molar-refractivity contribution in [2.24, 2.45) is 0 Å². The van der Waals surface area contributed by atoms with Crippen molar-refractivity contribution in [3.05, 3.63) is 29.3 Å². The van der Waals surface area contributed by atoms with Crippen molar-refractivity contribution in [3.63, 3.8) is 0 Å². The van der Waals surface area contributed by atoms with Gasteiger partial charge in [-0.15, -0.1) is 0 Å². The third-order valence-corrected chi connectivity index (χ3v) is 2.93. The average molecular weight is 293 g/mol. The molecule has 110 valence electrons. The lowest BCUT2D eigenvalue weighted by molar-refractivity contribution is 0.243. The maximum Gasteiger partial charge on any atom is 0.321 e. The standard InChI is InChI=1S/C15H23N3OS/c1-9(2)12-7-6-11(5)8-13(12)17-15(20)18-14(19)16-10(3)4/h6-10H,1-5H3,(H3,16,17,18,19,20). The van der Waals surface area contributed by atoms with E-state index in [1.807, 2.05) is 26.8 Å². The van der Waals surface area contributed by atoms with Gasteiger partial charge in [0.25, 0.3) is 0 Å². The summed E-state index contributed by atoms with van der Waals surface area (Å²) < 4.78 is 0. The number of thiocarbonyl (C=S) groups is 1. The Hall–Kier alpha value is -1.62. The van der Waals surface area contributed by atoms with Crippen LogP contribution in [0.4, 0.5) is 10.5 Å². The first kappa shape index (κ1) is 16.4. The molecule has 0 atom stereocenters. The van der Waals surface area contributed by atoms with Crippen LogP contribution in [-0.2, 0) is 0 Å². The van der Waals surface area contributed by atoms with E-state index in [0.29, 0.717) is 11.0 Å². The molecule has 0 aliphatic carbocycles. The van der Waals surface area contributed by atoms with Crippen LogP contribution >= 0.6 is 12.2 Å². The van der Waals surface area contributed by atoms with E-state index >= 15 is 0 Å². The van der Waals surface area contributed by atoms with Crippen LogP contribution in [0.3, 0.4) is 0 Å². The zero-order valence-electron chi connectivity index (χ0n) is 12.7. The molecule has 0 saturated heterocycles. The van der Waals surface area contributed by atoms with E-state index < -0.39 is 0 Å². The molecular formula is C15H23N3OS. The van der Waals surface area contributed by atoms with E-state index in [1.165, 1.54) is 5.56 Å². The van der Waals surface area contributed by atoms with Gasteiger partial charge in [0, 0.05) is 11.7 Å². The van der Waals surface area contributed by atoms with Gasteiger partial charge >= 0.3 is 6.03 Å². The number of aryl methyl sites for hydroxylation is 1. The predicted octanol–water partition coefficient (Wildman–Crippen LogP) is 3.52. The van der Waals surface area contributed by atoms with Gasteiger partial charge in [-0.2, -0.15) is 0 Å². The first-order valence-corrected chi connectivity index (χ1v) is 7.19. The summed E-state index contributed by atoms with van der Waals surface area (Å²) >= 11 is 5.17. The van der Waals surface area contributed by atoms with Crippen molar-refractivity contribution in [2.75, 3.05) is 5.32 Å². The largest absolute Gasteiger partial charge is 0.336 e. The number of rotatable bonds is 3. The SMILES string of the molecule is Cc1ccc(C(C)C)c(NC(=S)NC(=O)NC(C)C)c1. The second-order valence-electron chi connectivity index (χ2n) is 5.45. The molecule has 0 spiro atoms. The van der Waals surface area contributed by atoms with Crippen LogP contribution in [-0.4, -0.2) is 17.2 Å². The highest BCUT2D eigenvalue weighted by Crippen LogP contribution is 2.25. The molecule has 0 radical (unpaired) electrons. The minimum absolute atomic E-state index is 0.0722. The van der Waals surface area contributed by atoms with Gasteiger partial charge in [0.15, 0.2) is 5.11 Å². The van der Waals surface area contributed by atoms with E-state index in [9.17, 15) is 4.79 Å². The van der Waals surface area contributed by atoms with Gasteiger partial charge in [0.2, 0.25) is 0 Å². The molecule has 0 bridgehead atoms. The Kier molecular flexibility index (Phi) is 5.95. The lowest BCUT2D eigenvalue weighted by Crippen LogP contribution is -2.44. The second kappa shape index (κ2) is 7.24. The third kappa shape index (κ3) is 5.17. The zero-order chi connectivity index (χ0) is 15.3. The summed E-state index contributed by atoms with van der Waals surface area (Å²) in [7, 11) is 0. The molecule has 5 heteroatoms. The van der Waals surface area contributed by atoms with Crippen molar-refractivity contribution in [1.29, 1.82) is 0 Å². The lowest BCUT2D eigenvalue weighted by Gasteiger charge is -2.17. The number of urea groups is 1. The predicted molar refractivity (Wildman–Crippen MR) is 88.3 cm³/mol. The zero-order valence-corrected chi connectivity index (χ0v) is 13.5. The Bertz CT molecular complexity index is 498. The average Bonchev–Trinajstić information content (AvgIpc) is 2.26. The van der Waals surface area contributed by atoms with Crippen LogP contribution in [0.1, 0.15) is 44.7 Å². The summed E-state index contributed by atoms with van der Waals surface area (Å²) in [5.41, 5.74) is 3.25. The molecule has 0 unspecified atom stereocenters. The number of amides is 2. The summed E-state index contributed by atoms with van der Waals surface area (Å²) in [6.45, 7) is 10.1. The molecule has 3 N–H and O–H groups in total. The van der Waals surface area contributed by atoms with Crippen LogP contribution in [0, 0.1) is 6.92 Å². The number of nitrogens with one attached hydrogen (secondary N) is 3. The normalized spacial score (nSPS) is 10.6. The Morgan fingerprint density at radius 2 is 1.85 bits per heavy atom. The molecule has 0 aromatic heterocycles. The maximum atomic E-state index is 11.6. The van der Waals surface area contributed by atoms with Gasteiger partial charge < -0.3 is 10.6 Å². The molecule has 0 aliphatic rings. The third-order valence-electron chi connectivity index (χ3n) is 2.73. The van der Waals surface area contributed by atoms with Gasteiger partial charge in [-0.05, 0) is 56.1 Å². The molecule has 0 fully saturated rings. The second-order valence-corrected chi connectivity index (χ2v) is 5.86. The maximum absolute atomic E-state index is 11.6. The van der Waals surface area contributed by atoms with Gasteiger partial charge in [-0.25, -0.2) is 4.79 Å². The van der Waals surface area contributed by atoms with Gasteiger partial charge in [-0.3, -0.25) is 5.32 Å².